The van der Waals surface area contributed by atoms with Gasteiger partial charge in [-0.1, -0.05) is 31.7 Å². The molecule has 1 unspecified atom stereocenters. The third-order valence-electron chi connectivity index (χ3n) is 7.07. The first kappa shape index (κ1) is 26.1. The van der Waals surface area contributed by atoms with Crippen LogP contribution >= 0.6 is 0 Å². The van der Waals surface area contributed by atoms with Crippen molar-refractivity contribution < 1.29 is 31.1 Å². The number of fused-ring (bicyclic) bond motifs is 1. The Morgan fingerprint density at radius 3 is 2.42 bits per heavy atom. The van der Waals surface area contributed by atoms with Crippen molar-refractivity contribution in [2.75, 3.05) is 17.2 Å². The number of nitrogens with two attached hydrogens (primary N) is 1. The number of nitrogens with zero attached hydrogens (tertiary/aromatic N) is 3. The largest absolute Gasteiger partial charge is 0.471 e. The molecule has 1 aliphatic heterocycles. The van der Waals surface area contributed by atoms with Crippen LogP contribution < -0.4 is 10.6 Å². The molecule has 5 nitrogen and oxygen atoms in total. The molecule has 1 amide bonds. The van der Waals surface area contributed by atoms with Crippen LogP contribution in [0.3, 0.4) is 0 Å². The van der Waals surface area contributed by atoms with Crippen LogP contribution in [0.1, 0.15) is 55.3 Å². The fourth-order valence-electron chi connectivity index (χ4n) is 5.36. The Labute approximate surface area is 205 Å². The van der Waals surface area contributed by atoms with Crippen molar-refractivity contribution in [3.63, 3.8) is 0 Å². The van der Waals surface area contributed by atoms with Crippen LogP contribution in [0.5, 0.6) is 0 Å². The molecule has 0 spiro atoms. The van der Waals surface area contributed by atoms with E-state index in [0.717, 1.165) is 31.7 Å². The van der Waals surface area contributed by atoms with Crippen molar-refractivity contribution in [1.29, 1.82) is 0 Å². The van der Waals surface area contributed by atoms with Gasteiger partial charge in [-0.2, -0.15) is 26.3 Å². The quantitative estimate of drug-likeness (QED) is 0.503. The number of hydrogen-bond acceptors (Lipinski definition) is 4. The molecule has 1 aromatic heterocycles. The maximum atomic E-state index is 14.0. The summed E-state index contributed by atoms with van der Waals surface area (Å²) in [4.78, 5) is 18.8. The third-order valence-corrected chi connectivity index (χ3v) is 7.07. The number of nitrogen functional groups attached to an aromatic ring is 1. The van der Waals surface area contributed by atoms with Crippen LogP contribution in [0, 0.1) is 5.92 Å². The van der Waals surface area contributed by atoms with Gasteiger partial charge in [0.25, 0.3) is 0 Å². The molecule has 1 saturated carbocycles. The Balaban J connectivity index is 1.80. The lowest BCUT2D eigenvalue weighted by Crippen LogP contribution is -2.47. The van der Waals surface area contributed by atoms with Crippen LogP contribution in [0.15, 0.2) is 36.5 Å². The van der Waals surface area contributed by atoms with E-state index >= 15 is 0 Å². The van der Waals surface area contributed by atoms with Crippen molar-refractivity contribution in [3.8, 4) is 0 Å². The lowest BCUT2D eigenvalue weighted by Gasteiger charge is -2.35. The third kappa shape index (κ3) is 5.87. The minimum absolute atomic E-state index is 0.0444. The summed E-state index contributed by atoms with van der Waals surface area (Å²) in [5.41, 5.74) is 5.51. The average molecular weight is 515 g/mol. The number of halogens is 6. The van der Waals surface area contributed by atoms with E-state index in [-0.39, 0.29) is 24.3 Å². The summed E-state index contributed by atoms with van der Waals surface area (Å²) in [5.74, 6) is -1.73. The van der Waals surface area contributed by atoms with Crippen molar-refractivity contribution >= 4 is 17.3 Å². The zero-order valence-electron chi connectivity index (χ0n) is 19.6. The Morgan fingerprint density at radius 1 is 1.06 bits per heavy atom. The Morgan fingerprint density at radius 2 is 1.78 bits per heavy atom. The summed E-state index contributed by atoms with van der Waals surface area (Å²) >= 11 is 0. The minimum Gasteiger partial charge on any atom is -0.399 e. The zero-order chi connectivity index (χ0) is 26.1. The number of hydrogen-bond donors (Lipinski definition) is 1. The van der Waals surface area contributed by atoms with Gasteiger partial charge < -0.3 is 15.5 Å². The number of anilines is 2. The van der Waals surface area contributed by atoms with Gasteiger partial charge >= 0.3 is 18.3 Å². The molecule has 0 bridgehead atoms. The molecular formula is C25H28F6N4O. The fraction of sp³-hybridized carbons (Fsp3) is 0.520. The maximum absolute atomic E-state index is 14.0. The Kier molecular flexibility index (Phi) is 7.38. The number of rotatable bonds is 5. The average Bonchev–Trinajstić information content (AvgIpc) is 3.26. The number of carbonyl (C=O) groups is 1. The molecule has 1 fully saturated rings. The summed E-state index contributed by atoms with van der Waals surface area (Å²) in [6.45, 7) is -1.09. The van der Waals surface area contributed by atoms with E-state index in [1.807, 2.05) is 0 Å². The van der Waals surface area contributed by atoms with E-state index in [4.69, 9.17) is 5.73 Å². The predicted molar refractivity (Wildman–Crippen MR) is 123 cm³/mol. The predicted octanol–water partition coefficient (Wildman–Crippen LogP) is 5.93. The molecule has 4 rings (SSSR count). The molecule has 36 heavy (non-hydrogen) atoms. The first-order valence-electron chi connectivity index (χ1n) is 12.0. The first-order valence-corrected chi connectivity index (χ1v) is 12.0. The van der Waals surface area contributed by atoms with Crippen molar-refractivity contribution in [2.24, 2.45) is 5.92 Å². The summed E-state index contributed by atoms with van der Waals surface area (Å²) in [7, 11) is 0. The van der Waals surface area contributed by atoms with E-state index in [1.165, 1.54) is 18.3 Å². The highest BCUT2D eigenvalue weighted by Gasteiger charge is 2.46. The topological polar surface area (TPSA) is 62.5 Å². The minimum atomic E-state index is -5.20. The molecule has 2 N–H and O–H groups in total. The maximum Gasteiger partial charge on any atom is 0.471 e. The number of benzene rings is 1. The van der Waals surface area contributed by atoms with Crippen molar-refractivity contribution in [2.45, 2.75) is 70.0 Å². The molecule has 1 aromatic carbocycles. The number of carbonyl (C=O) groups excluding carboxylic acids is 1. The molecule has 2 aromatic rings. The van der Waals surface area contributed by atoms with Gasteiger partial charge in [-0.05, 0) is 43.0 Å². The van der Waals surface area contributed by atoms with Gasteiger partial charge in [0.05, 0.1) is 17.8 Å². The number of aromatic nitrogens is 1. The lowest BCUT2D eigenvalue weighted by atomic mass is 9.97. The van der Waals surface area contributed by atoms with Crippen LogP contribution in [0.25, 0.3) is 0 Å². The van der Waals surface area contributed by atoms with E-state index in [9.17, 15) is 31.1 Å². The summed E-state index contributed by atoms with van der Waals surface area (Å²) in [6, 6.07) is 6.08. The van der Waals surface area contributed by atoms with Crippen LogP contribution in [-0.4, -0.2) is 34.6 Å². The molecule has 1 aliphatic carbocycles. The van der Waals surface area contributed by atoms with Gasteiger partial charge in [0, 0.05) is 42.3 Å². The molecule has 0 radical (unpaired) electrons. The van der Waals surface area contributed by atoms with Gasteiger partial charge in [-0.3, -0.25) is 9.78 Å². The van der Waals surface area contributed by atoms with Gasteiger partial charge in [0.15, 0.2) is 0 Å². The van der Waals surface area contributed by atoms with Crippen LogP contribution in [0.2, 0.25) is 0 Å². The molecular weight excluding hydrogens is 486 g/mol. The molecule has 0 saturated heterocycles. The van der Waals surface area contributed by atoms with E-state index < -0.39 is 36.4 Å². The van der Waals surface area contributed by atoms with E-state index in [2.05, 4.69) is 4.98 Å². The Bertz CT molecular complexity index is 1080. The second kappa shape index (κ2) is 10.2. The van der Waals surface area contributed by atoms with E-state index in [1.54, 1.807) is 17.0 Å². The van der Waals surface area contributed by atoms with Gasteiger partial charge in [0.1, 0.15) is 0 Å². The smallest absolute Gasteiger partial charge is 0.399 e. The lowest BCUT2D eigenvalue weighted by molar-refractivity contribution is -0.186. The number of pyridine rings is 1. The van der Waals surface area contributed by atoms with Crippen LogP contribution in [0.4, 0.5) is 37.7 Å². The molecule has 2 heterocycles. The van der Waals surface area contributed by atoms with Crippen molar-refractivity contribution in [3.05, 3.63) is 53.3 Å². The monoisotopic (exact) mass is 514 g/mol. The second-order valence-corrected chi connectivity index (χ2v) is 9.57. The van der Waals surface area contributed by atoms with Gasteiger partial charge in [0.2, 0.25) is 0 Å². The molecule has 2 aliphatic rings. The summed E-state index contributed by atoms with van der Waals surface area (Å²) in [5, 5.41) is 0. The zero-order valence-corrected chi connectivity index (χ0v) is 19.6. The molecule has 11 heteroatoms. The first-order chi connectivity index (χ1) is 16.9. The normalized spacial score (nSPS) is 19.3. The number of amides is 1. The fourth-order valence-corrected chi connectivity index (χ4v) is 5.36. The van der Waals surface area contributed by atoms with Gasteiger partial charge in [-0.15, -0.1) is 0 Å². The van der Waals surface area contributed by atoms with Crippen LogP contribution in [-0.2, 0) is 24.1 Å². The summed E-state index contributed by atoms with van der Waals surface area (Å²) < 4.78 is 82.3. The van der Waals surface area contributed by atoms with Gasteiger partial charge in [-0.25, -0.2) is 0 Å². The molecule has 196 valence electrons. The highest BCUT2D eigenvalue weighted by Crippen LogP contribution is 2.41. The highest BCUT2D eigenvalue weighted by molar-refractivity contribution is 5.82. The van der Waals surface area contributed by atoms with Crippen molar-refractivity contribution in [1.82, 2.24) is 9.88 Å². The highest BCUT2D eigenvalue weighted by atomic mass is 19.4. The standard InChI is InChI=1S/C25H28F6N4O/c26-24(27,28)21-6-3-7-22-20(21)15-34(23(36)25(29,30)31)14-19(9-8-16-4-1-2-5-16)35(22)13-18-12-17(32)10-11-33-18/h3,6-7,10-12,16,19H,1-2,4-5,8-9,13-15H2,(H2,32,33). The SMILES string of the molecule is Nc1ccnc(CN2c3cccc(C(F)(F)F)c3CN(C(=O)C(F)(F)F)CC2CCC2CCCC2)c1. The molecule has 1 atom stereocenters. The Hall–Kier alpha value is -2.98. The number of alkyl halides is 6. The van der Waals surface area contributed by atoms with E-state index in [0.29, 0.717) is 35.0 Å². The summed E-state index contributed by atoms with van der Waals surface area (Å²) in [6.07, 6.45) is -3.17. The second-order valence-electron chi connectivity index (χ2n) is 9.57.